The van der Waals surface area contributed by atoms with Gasteiger partial charge in [-0.15, -0.1) is 0 Å². The molecule has 1 saturated carbocycles. The van der Waals surface area contributed by atoms with Crippen LogP contribution in [0.4, 0.5) is 5.69 Å². The van der Waals surface area contributed by atoms with Crippen molar-refractivity contribution in [1.82, 2.24) is 15.2 Å². The van der Waals surface area contributed by atoms with Crippen LogP contribution in [0.25, 0.3) is 0 Å². The van der Waals surface area contributed by atoms with Crippen LogP contribution in [-0.2, 0) is 11.3 Å². The van der Waals surface area contributed by atoms with Gasteiger partial charge in [0.1, 0.15) is 5.60 Å². The third-order valence-corrected chi connectivity index (χ3v) is 6.07. The predicted molar refractivity (Wildman–Crippen MR) is 111 cm³/mol. The Hall–Kier alpha value is -2.84. The van der Waals surface area contributed by atoms with Gasteiger partial charge in [-0.25, -0.2) is 0 Å². The highest BCUT2D eigenvalue weighted by molar-refractivity contribution is 5.94. The summed E-state index contributed by atoms with van der Waals surface area (Å²) in [6, 6.07) is 9.93. The van der Waals surface area contributed by atoms with Crippen LogP contribution in [0.5, 0.6) is 0 Å². The fraction of sp³-hybridized carbons (Fsp3) is 0.455. The van der Waals surface area contributed by atoms with Gasteiger partial charge in [0.2, 0.25) is 0 Å². The van der Waals surface area contributed by atoms with Crippen LogP contribution in [0.2, 0.25) is 0 Å². The molecular weight excluding hydrogens is 384 g/mol. The number of benzene rings is 1. The maximum atomic E-state index is 13.1. The second-order valence-electron chi connectivity index (χ2n) is 7.98. The maximum Gasteiger partial charge on any atom is 0.269 e. The number of hydrogen-bond donors (Lipinski definition) is 1. The largest absolute Gasteiger partial charge is 0.370 e. The highest BCUT2D eigenvalue weighted by Crippen LogP contribution is 2.35. The first kappa shape index (κ1) is 20.4. The van der Waals surface area contributed by atoms with E-state index in [4.69, 9.17) is 4.74 Å². The van der Waals surface area contributed by atoms with E-state index in [0.29, 0.717) is 31.8 Å². The smallest absolute Gasteiger partial charge is 0.269 e. The van der Waals surface area contributed by atoms with Gasteiger partial charge in [-0.2, -0.15) is 0 Å². The molecule has 1 aromatic heterocycles. The number of nitrogens with zero attached hydrogens (tertiary/aromatic N) is 3. The minimum atomic E-state index is -0.460. The van der Waals surface area contributed by atoms with Gasteiger partial charge >= 0.3 is 0 Å². The number of amides is 1. The van der Waals surface area contributed by atoms with E-state index in [2.05, 4.69) is 10.3 Å². The molecule has 2 heterocycles. The Bertz CT molecular complexity index is 886. The topological polar surface area (TPSA) is 97.6 Å². The summed E-state index contributed by atoms with van der Waals surface area (Å²) >= 11 is 0. The standard InChI is InChI=1S/C22H26N4O4/c27-21(18-6-8-19(9-7-18)26(28)29)25-12-13-30-22(16-25)10-2-1-5-20(22)24-15-17-4-3-11-23-14-17/h3-4,6-9,11,14,20,24H,1-2,5,10,12-13,15-16H2/t20-,22+/m1/s1. The number of carbonyl (C=O) groups excluding carboxylic acids is 1. The number of nitrogens with one attached hydrogen (secondary N) is 1. The molecular formula is C22H26N4O4. The summed E-state index contributed by atoms with van der Waals surface area (Å²) in [6.45, 7) is 2.24. The summed E-state index contributed by atoms with van der Waals surface area (Å²) < 4.78 is 6.31. The van der Waals surface area contributed by atoms with Crippen LogP contribution in [0.1, 0.15) is 41.6 Å². The molecule has 0 unspecified atom stereocenters. The second kappa shape index (κ2) is 8.89. The summed E-state index contributed by atoms with van der Waals surface area (Å²) in [7, 11) is 0. The average molecular weight is 410 g/mol. The Balaban J connectivity index is 1.47. The highest BCUT2D eigenvalue weighted by atomic mass is 16.6. The predicted octanol–water partition coefficient (Wildman–Crippen LogP) is 2.93. The lowest BCUT2D eigenvalue weighted by atomic mass is 9.78. The monoisotopic (exact) mass is 410 g/mol. The molecule has 2 fully saturated rings. The molecule has 1 amide bonds. The second-order valence-corrected chi connectivity index (χ2v) is 7.98. The SMILES string of the molecule is O=C(c1ccc([N+](=O)[O-])cc1)N1CCO[C@@]2(CCCC[C@H]2NCc2cccnc2)C1. The summed E-state index contributed by atoms with van der Waals surface area (Å²) in [4.78, 5) is 29.5. The summed E-state index contributed by atoms with van der Waals surface area (Å²) in [5.74, 6) is -0.107. The van der Waals surface area contributed by atoms with Gasteiger partial charge in [0.05, 0.1) is 18.1 Å². The number of morpholine rings is 1. The minimum Gasteiger partial charge on any atom is -0.370 e. The number of hydrogen-bond acceptors (Lipinski definition) is 6. The van der Waals surface area contributed by atoms with Gasteiger partial charge < -0.3 is 15.0 Å². The van der Waals surface area contributed by atoms with Crippen LogP contribution in [0.3, 0.4) is 0 Å². The van der Waals surface area contributed by atoms with E-state index < -0.39 is 10.5 Å². The molecule has 30 heavy (non-hydrogen) atoms. The van der Waals surface area contributed by atoms with E-state index in [1.807, 2.05) is 23.2 Å². The molecule has 1 aliphatic carbocycles. The third-order valence-electron chi connectivity index (χ3n) is 6.07. The molecule has 2 aliphatic rings. The lowest BCUT2D eigenvalue weighted by Crippen LogP contribution is -2.64. The third kappa shape index (κ3) is 4.34. The number of rotatable bonds is 5. The van der Waals surface area contributed by atoms with Crippen molar-refractivity contribution in [2.24, 2.45) is 0 Å². The van der Waals surface area contributed by atoms with Gasteiger partial charge in [0.15, 0.2) is 0 Å². The molecule has 2 aromatic rings. The summed E-state index contributed by atoms with van der Waals surface area (Å²) in [5.41, 5.74) is 1.16. The molecule has 1 aromatic carbocycles. The van der Waals surface area contributed by atoms with Crippen molar-refractivity contribution in [3.05, 3.63) is 70.0 Å². The summed E-state index contributed by atoms with van der Waals surface area (Å²) in [6.07, 6.45) is 7.73. The molecule has 4 rings (SSSR count). The Labute approximate surface area is 175 Å². The minimum absolute atomic E-state index is 0.0167. The van der Waals surface area contributed by atoms with E-state index in [0.717, 1.165) is 31.2 Å². The normalized spacial score (nSPS) is 24.0. The van der Waals surface area contributed by atoms with E-state index in [-0.39, 0.29) is 17.6 Å². The molecule has 8 heteroatoms. The molecule has 1 aliphatic heterocycles. The van der Waals surface area contributed by atoms with Gasteiger partial charge in [0, 0.05) is 49.2 Å². The first-order chi connectivity index (χ1) is 14.6. The van der Waals surface area contributed by atoms with Crippen LogP contribution in [0.15, 0.2) is 48.8 Å². The van der Waals surface area contributed by atoms with Crippen LogP contribution in [-0.4, -0.2) is 52.1 Å². The van der Waals surface area contributed by atoms with E-state index in [1.54, 1.807) is 6.20 Å². The Kier molecular flexibility index (Phi) is 6.06. The van der Waals surface area contributed by atoms with Gasteiger partial charge in [0.25, 0.3) is 11.6 Å². The number of ether oxygens (including phenoxy) is 1. The Morgan fingerprint density at radius 1 is 1.30 bits per heavy atom. The van der Waals surface area contributed by atoms with E-state index in [9.17, 15) is 14.9 Å². The van der Waals surface area contributed by atoms with Gasteiger partial charge in [-0.3, -0.25) is 19.9 Å². The number of non-ortho nitro benzene ring substituents is 1. The zero-order chi connectivity index (χ0) is 21.0. The fourth-order valence-corrected chi connectivity index (χ4v) is 4.49. The number of nitro groups is 1. The molecule has 1 spiro atoms. The van der Waals surface area contributed by atoms with Crippen molar-refractivity contribution in [2.45, 2.75) is 43.9 Å². The number of aromatic nitrogens is 1. The van der Waals surface area contributed by atoms with Gasteiger partial charge in [-0.1, -0.05) is 18.9 Å². The lowest BCUT2D eigenvalue weighted by Gasteiger charge is -2.49. The van der Waals surface area contributed by atoms with Crippen molar-refractivity contribution < 1.29 is 14.5 Å². The quantitative estimate of drug-likeness (QED) is 0.601. The molecule has 2 atom stereocenters. The highest BCUT2D eigenvalue weighted by Gasteiger charge is 2.46. The van der Waals surface area contributed by atoms with E-state index >= 15 is 0 Å². The van der Waals surface area contributed by atoms with Crippen molar-refractivity contribution in [2.75, 3.05) is 19.7 Å². The first-order valence-electron chi connectivity index (χ1n) is 10.4. The molecule has 0 radical (unpaired) electrons. The van der Waals surface area contributed by atoms with Crippen molar-refractivity contribution >= 4 is 11.6 Å². The van der Waals surface area contributed by atoms with Crippen LogP contribution in [0, 0.1) is 10.1 Å². The van der Waals surface area contributed by atoms with Crippen molar-refractivity contribution in [3.63, 3.8) is 0 Å². The first-order valence-corrected chi connectivity index (χ1v) is 10.4. The summed E-state index contributed by atoms with van der Waals surface area (Å²) in [5, 5.41) is 14.5. The van der Waals surface area contributed by atoms with Crippen LogP contribution >= 0.6 is 0 Å². The molecule has 8 nitrogen and oxygen atoms in total. The molecule has 158 valence electrons. The number of carbonyl (C=O) groups is 1. The number of nitro benzene ring substituents is 1. The Morgan fingerprint density at radius 2 is 2.13 bits per heavy atom. The molecule has 0 bridgehead atoms. The molecule has 1 N–H and O–H groups in total. The van der Waals surface area contributed by atoms with Gasteiger partial charge in [-0.05, 0) is 36.6 Å². The maximum absolute atomic E-state index is 13.1. The molecule has 1 saturated heterocycles. The van der Waals surface area contributed by atoms with Crippen LogP contribution < -0.4 is 5.32 Å². The zero-order valence-corrected chi connectivity index (χ0v) is 16.8. The Morgan fingerprint density at radius 3 is 2.87 bits per heavy atom. The van der Waals surface area contributed by atoms with Crippen molar-refractivity contribution in [3.8, 4) is 0 Å². The zero-order valence-electron chi connectivity index (χ0n) is 16.8. The van der Waals surface area contributed by atoms with E-state index in [1.165, 1.54) is 24.3 Å². The van der Waals surface area contributed by atoms with Crippen molar-refractivity contribution in [1.29, 1.82) is 0 Å². The number of pyridine rings is 1. The fourth-order valence-electron chi connectivity index (χ4n) is 4.49. The average Bonchev–Trinajstić information content (AvgIpc) is 2.79. The lowest BCUT2D eigenvalue weighted by molar-refractivity contribution is -0.384.